The fourth-order valence-corrected chi connectivity index (χ4v) is 4.07. The van der Waals surface area contributed by atoms with Gasteiger partial charge in [0.2, 0.25) is 0 Å². The Kier molecular flexibility index (Phi) is 4.55. The lowest BCUT2D eigenvalue weighted by Crippen LogP contribution is -2.36. The molecule has 0 unspecified atom stereocenters. The Hall–Kier alpha value is -2.18. The van der Waals surface area contributed by atoms with E-state index in [0.717, 1.165) is 28.0 Å². The van der Waals surface area contributed by atoms with Crippen molar-refractivity contribution in [1.82, 2.24) is 9.88 Å². The van der Waals surface area contributed by atoms with E-state index < -0.39 is 0 Å². The number of ether oxygens (including phenoxy) is 1. The number of furan rings is 1. The van der Waals surface area contributed by atoms with Crippen LogP contribution in [0.1, 0.15) is 20.9 Å². The summed E-state index contributed by atoms with van der Waals surface area (Å²) in [7, 11) is 0. The summed E-state index contributed by atoms with van der Waals surface area (Å²) in [5.74, 6) is 0.337. The van der Waals surface area contributed by atoms with Gasteiger partial charge < -0.3 is 14.1 Å². The van der Waals surface area contributed by atoms with Gasteiger partial charge in [0.05, 0.1) is 30.7 Å². The average Bonchev–Trinajstić information content (AvgIpc) is 3.18. The van der Waals surface area contributed by atoms with Crippen LogP contribution in [-0.2, 0) is 11.2 Å². The van der Waals surface area contributed by atoms with Crippen LogP contribution < -0.4 is 0 Å². The minimum absolute atomic E-state index is 0.0667. The van der Waals surface area contributed by atoms with E-state index in [0.29, 0.717) is 26.3 Å². The minimum Gasteiger partial charge on any atom is -0.464 e. The van der Waals surface area contributed by atoms with Gasteiger partial charge in [-0.25, -0.2) is 4.98 Å². The van der Waals surface area contributed by atoms with Gasteiger partial charge in [0.25, 0.3) is 5.91 Å². The molecule has 130 valence electrons. The second-order valence-corrected chi connectivity index (χ2v) is 7.31. The molecule has 1 saturated heterocycles. The van der Waals surface area contributed by atoms with Crippen LogP contribution in [-0.4, -0.2) is 42.1 Å². The molecule has 6 heteroatoms. The number of aryl methyl sites for hydroxylation is 1. The molecule has 0 saturated carbocycles. The Labute approximate surface area is 150 Å². The van der Waals surface area contributed by atoms with Crippen molar-refractivity contribution in [3.8, 4) is 0 Å². The first-order valence-electron chi connectivity index (χ1n) is 8.44. The van der Waals surface area contributed by atoms with Gasteiger partial charge in [0, 0.05) is 24.4 Å². The number of hydrogen-bond donors (Lipinski definition) is 0. The van der Waals surface area contributed by atoms with Crippen LogP contribution in [0.4, 0.5) is 0 Å². The fraction of sp³-hybridized carbons (Fsp3) is 0.368. The fourth-order valence-electron chi connectivity index (χ4n) is 3.30. The van der Waals surface area contributed by atoms with Crippen molar-refractivity contribution in [1.29, 1.82) is 0 Å². The van der Waals surface area contributed by atoms with Gasteiger partial charge in [-0.3, -0.25) is 4.79 Å². The number of amides is 1. The molecule has 1 fully saturated rings. The van der Waals surface area contributed by atoms with Crippen molar-refractivity contribution in [2.45, 2.75) is 13.3 Å². The number of benzene rings is 1. The molecular weight excluding hydrogens is 336 g/mol. The summed E-state index contributed by atoms with van der Waals surface area (Å²) in [4.78, 5) is 19.6. The van der Waals surface area contributed by atoms with Crippen LogP contribution in [0.2, 0.25) is 0 Å². The van der Waals surface area contributed by atoms with Crippen LogP contribution >= 0.6 is 11.3 Å². The van der Waals surface area contributed by atoms with Crippen molar-refractivity contribution in [3.63, 3.8) is 0 Å². The number of carbonyl (C=O) groups excluding carboxylic acids is 1. The van der Waals surface area contributed by atoms with E-state index in [4.69, 9.17) is 9.15 Å². The van der Waals surface area contributed by atoms with Crippen LogP contribution in [0.3, 0.4) is 0 Å². The number of carbonyl (C=O) groups is 1. The quantitative estimate of drug-likeness (QED) is 0.720. The van der Waals surface area contributed by atoms with E-state index in [-0.39, 0.29) is 11.8 Å². The highest BCUT2D eigenvalue weighted by atomic mass is 32.1. The molecular formula is C19H20N2O3S. The first-order valence-corrected chi connectivity index (χ1v) is 9.32. The standard InChI is InChI=1S/C19H20N2O3S/c1-13-18(25-12-20-13)19(22)21-5-7-23-11-15(10-21)8-14-2-3-16-4-6-24-17(16)9-14/h2-4,6,9,12,15H,5,7-8,10-11H2,1H3/t15-/m1/s1. The highest BCUT2D eigenvalue weighted by Gasteiger charge is 2.25. The smallest absolute Gasteiger partial charge is 0.265 e. The topological polar surface area (TPSA) is 55.6 Å². The molecule has 1 aromatic carbocycles. The zero-order valence-corrected chi connectivity index (χ0v) is 14.9. The zero-order chi connectivity index (χ0) is 17.2. The Bertz CT molecular complexity index is 886. The average molecular weight is 356 g/mol. The van der Waals surface area contributed by atoms with Crippen LogP contribution in [0.5, 0.6) is 0 Å². The molecule has 0 radical (unpaired) electrons. The molecule has 1 atom stereocenters. The highest BCUT2D eigenvalue weighted by molar-refractivity contribution is 7.11. The van der Waals surface area contributed by atoms with Crippen LogP contribution in [0.15, 0.2) is 40.5 Å². The third-order valence-corrected chi connectivity index (χ3v) is 5.53. The second kappa shape index (κ2) is 6.98. The summed E-state index contributed by atoms with van der Waals surface area (Å²) in [6.45, 7) is 4.46. The van der Waals surface area contributed by atoms with E-state index >= 15 is 0 Å². The molecule has 1 amide bonds. The summed E-state index contributed by atoms with van der Waals surface area (Å²) < 4.78 is 11.2. The molecule has 0 N–H and O–H groups in total. The van der Waals surface area contributed by atoms with Gasteiger partial charge in [-0.1, -0.05) is 12.1 Å². The van der Waals surface area contributed by atoms with Gasteiger partial charge in [-0.05, 0) is 31.0 Å². The molecule has 3 heterocycles. The number of fused-ring (bicyclic) bond motifs is 1. The number of aromatic nitrogens is 1. The van der Waals surface area contributed by atoms with Gasteiger partial charge >= 0.3 is 0 Å². The molecule has 0 spiro atoms. The van der Waals surface area contributed by atoms with Crippen molar-refractivity contribution >= 4 is 28.2 Å². The maximum Gasteiger partial charge on any atom is 0.265 e. The summed E-state index contributed by atoms with van der Waals surface area (Å²) in [5, 5.41) is 1.11. The molecule has 1 aliphatic heterocycles. The lowest BCUT2D eigenvalue weighted by molar-refractivity contribution is 0.0741. The number of hydrogen-bond acceptors (Lipinski definition) is 5. The Balaban J connectivity index is 1.49. The van der Waals surface area contributed by atoms with E-state index in [9.17, 15) is 4.79 Å². The largest absolute Gasteiger partial charge is 0.464 e. The van der Waals surface area contributed by atoms with E-state index in [1.807, 2.05) is 17.9 Å². The molecule has 4 rings (SSSR count). The molecule has 25 heavy (non-hydrogen) atoms. The number of rotatable bonds is 3. The highest BCUT2D eigenvalue weighted by Crippen LogP contribution is 2.22. The third-order valence-electron chi connectivity index (χ3n) is 4.61. The van der Waals surface area contributed by atoms with Crippen LogP contribution in [0.25, 0.3) is 11.0 Å². The van der Waals surface area contributed by atoms with Crippen molar-refractivity contribution in [2.75, 3.05) is 26.3 Å². The van der Waals surface area contributed by atoms with Gasteiger partial charge in [-0.15, -0.1) is 11.3 Å². The lowest BCUT2D eigenvalue weighted by atomic mass is 9.99. The SMILES string of the molecule is Cc1ncsc1C(=O)N1CCOC[C@H](Cc2ccc3ccoc3c2)C1. The Morgan fingerprint density at radius 3 is 3.16 bits per heavy atom. The number of thiazole rings is 1. The summed E-state index contributed by atoms with van der Waals surface area (Å²) in [6.07, 6.45) is 2.57. The van der Waals surface area contributed by atoms with E-state index in [2.05, 4.69) is 23.2 Å². The van der Waals surface area contributed by atoms with Crippen LogP contribution in [0, 0.1) is 12.8 Å². The summed E-state index contributed by atoms with van der Waals surface area (Å²) >= 11 is 1.41. The number of nitrogens with zero attached hydrogens (tertiary/aromatic N) is 2. The predicted molar refractivity (Wildman–Crippen MR) is 97.0 cm³/mol. The first-order chi connectivity index (χ1) is 12.2. The Morgan fingerprint density at radius 1 is 1.40 bits per heavy atom. The normalized spacial score (nSPS) is 18.4. The summed E-state index contributed by atoms with van der Waals surface area (Å²) in [6, 6.07) is 8.25. The van der Waals surface area contributed by atoms with Gasteiger partial charge in [0.15, 0.2) is 0 Å². The first kappa shape index (κ1) is 16.3. The van der Waals surface area contributed by atoms with Crippen molar-refractivity contribution in [2.24, 2.45) is 5.92 Å². The van der Waals surface area contributed by atoms with E-state index in [1.54, 1.807) is 11.8 Å². The third kappa shape index (κ3) is 3.45. The maximum atomic E-state index is 12.8. The Morgan fingerprint density at radius 2 is 2.32 bits per heavy atom. The van der Waals surface area contributed by atoms with E-state index in [1.165, 1.54) is 16.9 Å². The molecule has 0 bridgehead atoms. The second-order valence-electron chi connectivity index (χ2n) is 6.46. The molecule has 0 aliphatic carbocycles. The van der Waals surface area contributed by atoms with Crippen molar-refractivity contribution < 1.29 is 13.9 Å². The molecule has 2 aromatic heterocycles. The van der Waals surface area contributed by atoms with Gasteiger partial charge in [-0.2, -0.15) is 0 Å². The predicted octanol–water partition coefficient (Wildman–Crippen LogP) is 3.53. The van der Waals surface area contributed by atoms with Crippen molar-refractivity contribution in [3.05, 3.63) is 52.2 Å². The van der Waals surface area contributed by atoms with Gasteiger partial charge in [0.1, 0.15) is 10.5 Å². The minimum atomic E-state index is 0.0667. The monoisotopic (exact) mass is 356 g/mol. The molecule has 3 aromatic rings. The molecule has 1 aliphatic rings. The molecule has 5 nitrogen and oxygen atoms in total. The summed E-state index contributed by atoms with van der Waals surface area (Å²) in [5.41, 5.74) is 4.65. The maximum absolute atomic E-state index is 12.8. The lowest BCUT2D eigenvalue weighted by Gasteiger charge is -2.23. The zero-order valence-electron chi connectivity index (χ0n) is 14.1.